The second-order valence-corrected chi connectivity index (χ2v) is 4.73. The molecule has 0 aliphatic carbocycles. The van der Waals surface area contributed by atoms with Gasteiger partial charge in [0.2, 0.25) is 0 Å². The predicted octanol–water partition coefficient (Wildman–Crippen LogP) is 2.11. The number of nitrogens with zero attached hydrogens (tertiary/aromatic N) is 1. The van der Waals surface area contributed by atoms with E-state index in [1.165, 1.54) is 45.3 Å². The molecule has 2 nitrogen and oxygen atoms in total. The quantitative estimate of drug-likeness (QED) is 0.681. The third kappa shape index (κ3) is 3.58. The zero-order valence-electron chi connectivity index (χ0n) is 10.1. The van der Waals surface area contributed by atoms with E-state index in [1.54, 1.807) is 0 Å². The molecular weight excluding hydrogens is 172 g/mol. The highest BCUT2D eigenvalue weighted by atomic mass is 15.1. The van der Waals surface area contributed by atoms with Crippen LogP contribution in [0.25, 0.3) is 0 Å². The molecule has 1 aliphatic heterocycles. The topological polar surface area (TPSA) is 15.3 Å². The minimum Gasteiger partial charge on any atom is -0.316 e. The molecule has 0 aromatic carbocycles. The van der Waals surface area contributed by atoms with Crippen LogP contribution in [-0.4, -0.2) is 37.6 Å². The van der Waals surface area contributed by atoms with Crippen LogP contribution in [0, 0.1) is 5.92 Å². The van der Waals surface area contributed by atoms with E-state index in [4.69, 9.17) is 0 Å². The molecule has 1 rings (SSSR count). The molecule has 0 radical (unpaired) electrons. The molecule has 0 bridgehead atoms. The molecule has 1 saturated heterocycles. The van der Waals surface area contributed by atoms with Gasteiger partial charge in [-0.3, -0.25) is 0 Å². The molecule has 14 heavy (non-hydrogen) atoms. The van der Waals surface area contributed by atoms with Crippen molar-refractivity contribution in [3.05, 3.63) is 0 Å². The minimum atomic E-state index is 0.813. The Kier molecular flexibility index (Phi) is 5.49. The third-order valence-corrected chi connectivity index (χ3v) is 3.42. The Morgan fingerprint density at radius 3 is 2.79 bits per heavy atom. The van der Waals surface area contributed by atoms with Crippen molar-refractivity contribution in [3.63, 3.8) is 0 Å². The van der Waals surface area contributed by atoms with Gasteiger partial charge in [0.25, 0.3) is 0 Å². The summed E-state index contributed by atoms with van der Waals surface area (Å²) in [5.41, 5.74) is 0. The number of unbranched alkanes of at least 4 members (excludes halogenated alkanes) is 2. The lowest BCUT2D eigenvalue weighted by atomic mass is 9.94. The van der Waals surface area contributed by atoms with Crippen molar-refractivity contribution in [3.8, 4) is 0 Å². The number of hydrogen-bond donors (Lipinski definition) is 1. The lowest BCUT2D eigenvalue weighted by Crippen LogP contribution is -2.47. The zero-order chi connectivity index (χ0) is 10.4. The lowest BCUT2D eigenvalue weighted by molar-refractivity contribution is 0.147. The minimum absolute atomic E-state index is 0.813. The van der Waals surface area contributed by atoms with Crippen molar-refractivity contribution in [1.29, 1.82) is 0 Å². The summed E-state index contributed by atoms with van der Waals surface area (Å²) in [5.74, 6) is 0.815. The summed E-state index contributed by atoms with van der Waals surface area (Å²) in [5, 5.41) is 3.46. The van der Waals surface area contributed by atoms with E-state index in [-0.39, 0.29) is 0 Å². The van der Waals surface area contributed by atoms with E-state index in [1.807, 2.05) is 0 Å². The molecule has 1 heterocycles. The molecular formula is C12H26N2. The molecule has 2 unspecified atom stereocenters. The summed E-state index contributed by atoms with van der Waals surface area (Å²) in [6.07, 6.45) is 5.40. The summed E-state index contributed by atoms with van der Waals surface area (Å²) in [6, 6.07) is 0.813. The van der Waals surface area contributed by atoms with Crippen LogP contribution in [0.5, 0.6) is 0 Å². The van der Waals surface area contributed by atoms with Gasteiger partial charge in [-0.15, -0.1) is 0 Å². The molecule has 0 spiro atoms. The van der Waals surface area contributed by atoms with Gasteiger partial charge < -0.3 is 10.2 Å². The van der Waals surface area contributed by atoms with Crippen molar-refractivity contribution < 1.29 is 0 Å². The first-order valence-corrected chi connectivity index (χ1v) is 6.16. The summed E-state index contributed by atoms with van der Waals surface area (Å²) in [4.78, 5) is 2.57. The average Bonchev–Trinajstić information content (AvgIpc) is 2.18. The van der Waals surface area contributed by atoms with E-state index in [2.05, 4.69) is 31.1 Å². The van der Waals surface area contributed by atoms with Gasteiger partial charge in [-0.25, -0.2) is 0 Å². The maximum absolute atomic E-state index is 3.46. The first-order chi connectivity index (χ1) is 6.75. The highest BCUT2D eigenvalue weighted by Crippen LogP contribution is 2.16. The van der Waals surface area contributed by atoms with Crippen molar-refractivity contribution in [1.82, 2.24) is 10.2 Å². The fourth-order valence-corrected chi connectivity index (χ4v) is 2.43. The Hall–Kier alpha value is -0.0800. The normalized spacial score (nSPS) is 28.3. The van der Waals surface area contributed by atoms with Crippen LogP contribution >= 0.6 is 0 Å². The first-order valence-electron chi connectivity index (χ1n) is 6.16. The Morgan fingerprint density at radius 1 is 1.36 bits per heavy atom. The molecule has 1 N–H and O–H groups in total. The Labute approximate surface area is 89.1 Å². The van der Waals surface area contributed by atoms with Crippen LogP contribution < -0.4 is 5.32 Å². The molecule has 2 heteroatoms. The van der Waals surface area contributed by atoms with E-state index >= 15 is 0 Å². The molecule has 1 aliphatic rings. The Bertz CT molecular complexity index is 147. The van der Waals surface area contributed by atoms with Crippen LogP contribution in [0.1, 0.15) is 39.5 Å². The molecule has 84 valence electrons. The van der Waals surface area contributed by atoms with Crippen molar-refractivity contribution in [2.24, 2.45) is 5.92 Å². The van der Waals surface area contributed by atoms with Gasteiger partial charge in [-0.1, -0.05) is 26.7 Å². The number of rotatable bonds is 5. The largest absolute Gasteiger partial charge is 0.316 e. The summed E-state index contributed by atoms with van der Waals surface area (Å²) in [7, 11) is 2.29. The van der Waals surface area contributed by atoms with E-state index in [9.17, 15) is 0 Å². The first kappa shape index (κ1) is 12.0. The monoisotopic (exact) mass is 198 g/mol. The second kappa shape index (κ2) is 6.41. The van der Waals surface area contributed by atoms with Gasteiger partial charge in [-0.2, -0.15) is 0 Å². The van der Waals surface area contributed by atoms with E-state index in [0.717, 1.165) is 12.0 Å². The summed E-state index contributed by atoms with van der Waals surface area (Å²) in [6.45, 7) is 8.32. The smallest absolute Gasteiger partial charge is 0.0142 e. The average molecular weight is 198 g/mol. The molecule has 1 fully saturated rings. The molecule has 0 aromatic rings. The summed E-state index contributed by atoms with van der Waals surface area (Å²) >= 11 is 0. The van der Waals surface area contributed by atoms with Gasteiger partial charge in [0.05, 0.1) is 0 Å². The fraction of sp³-hybridized carbons (Fsp3) is 1.00. The Morgan fingerprint density at radius 2 is 2.14 bits per heavy atom. The Balaban J connectivity index is 2.23. The SMILES string of the molecule is CCCCCN(C)C1CCNCC1C. The van der Waals surface area contributed by atoms with E-state index < -0.39 is 0 Å². The van der Waals surface area contributed by atoms with Crippen LogP contribution in [-0.2, 0) is 0 Å². The fourth-order valence-electron chi connectivity index (χ4n) is 2.43. The van der Waals surface area contributed by atoms with Crippen molar-refractivity contribution >= 4 is 0 Å². The van der Waals surface area contributed by atoms with Gasteiger partial charge in [0.15, 0.2) is 0 Å². The van der Waals surface area contributed by atoms with Crippen LogP contribution in [0.2, 0.25) is 0 Å². The molecule has 0 saturated carbocycles. The van der Waals surface area contributed by atoms with Crippen molar-refractivity contribution in [2.45, 2.75) is 45.6 Å². The highest BCUT2D eigenvalue weighted by molar-refractivity contribution is 4.81. The van der Waals surface area contributed by atoms with Gasteiger partial charge in [0.1, 0.15) is 0 Å². The molecule has 0 amide bonds. The van der Waals surface area contributed by atoms with Gasteiger partial charge >= 0.3 is 0 Å². The van der Waals surface area contributed by atoms with Crippen LogP contribution in [0.4, 0.5) is 0 Å². The van der Waals surface area contributed by atoms with Crippen LogP contribution in [0.15, 0.2) is 0 Å². The highest BCUT2D eigenvalue weighted by Gasteiger charge is 2.23. The predicted molar refractivity (Wildman–Crippen MR) is 62.6 cm³/mol. The second-order valence-electron chi connectivity index (χ2n) is 4.73. The zero-order valence-corrected chi connectivity index (χ0v) is 10.1. The maximum Gasteiger partial charge on any atom is 0.0142 e. The number of nitrogens with one attached hydrogen (secondary N) is 1. The molecule has 2 atom stereocenters. The lowest BCUT2D eigenvalue weighted by Gasteiger charge is -2.36. The third-order valence-electron chi connectivity index (χ3n) is 3.42. The van der Waals surface area contributed by atoms with Gasteiger partial charge in [-0.05, 0) is 45.4 Å². The van der Waals surface area contributed by atoms with Crippen LogP contribution in [0.3, 0.4) is 0 Å². The van der Waals surface area contributed by atoms with E-state index in [0.29, 0.717) is 0 Å². The maximum atomic E-state index is 3.46. The molecule has 0 aromatic heterocycles. The number of piperidine rings is 1. The number of hydrogen-bond acceptors (Lipinski definition) is 2. The summed E-state index contributed by atoms with van der Waals surface area (Å²) < 4.78 is 0. The van der Waals surface area contributed by atoms with Crippen molar-refractivity contribution in [2.75, 3.05) is 26.7 Å². The van der Waals surface area contributed by atoms with Gasteiger partial charge in [0, 0.05) is 6.04 Å². The standard InChI is InChI=1S/C12H26N2/c1-4-5-6-9-14(3)12-7-8-13-10-11(12)2/h11-13H,4-10H2,1-3H3.